The van der Waals surface area contributed by atoms with Crippen molar-refractivity contribution in [2.45, 2.75) is 18.4 Å². The monoisotopic (exact) mass is 318 g/mol. The normalized spacial score (nSPS) is 11.9. The van der Waals surface area contributed by atoms with Gasteiger partial charge in [-0.2, -0.15) is 4.31 Å². The minimum Gasteiger partial charge on any atom is -0.383 e. The van der Waals surface area contributed by atoms with E-state index in [1.54, 1.807) is 19.3 Å². The third-order valence-corrected chi connectivity index (χ3v) is 5.74. The van der Waals surface area contributed by atoms with Gasteiger partial charge in [0.2, 0.25) is 10.0 Å². The van der Waals surface area contributed by atoms with Crippen LogP contribution in [0.2, 0.25) is 0 Å². The predicted molar refractivity (Wildman–Crippen MR) is 82.5 cm³/mol. The van der Waals surface area contributed by atoms with Crippen LogP contribution in [-0.4, -0.2) is 46.1 Å². The van der Waals surface area contributed by atoms with Crippen LogP contribution in [0, 0.1) is 0 Å². The highest BCUT2D eigenvalue weighted by Gasteiger charge is 2.26. The van der Waals surface area contributed by atoms with Crippen molar-refractivity contribution in [3.63, 3.8) is 0 Å². The van der Waals surface area contributed by atoms with Crippen molar-refractivity contribution in [2.24, 2.45) is 0 Å². The maximum atomic E-state index is 12.7. The Kier molecular flexibility index (Phi) is 7.39. The molecule has 7 heteroatoms. The van der Waals surface area contributed by atoms with Crippen molar-refractivity contribution in [3.05, 3.63) is 29.0 Å². The molecule has 0 saturated carbocycles. The Morgan fingerprint density at radius 1 is 1.55 bits per heavy atom. The molecule has 0 aliphatic carbocycles. The van der Waals surface area contributed by atoms with E-state index in [2.05, 4.69) is 11.9 Å². The molecule has 0 unspecified atom stereocenters. The van der Waals surface area contributed by atoms with E-state index in [9.17, 15) is 8.42 Å². The molecular weight excluding hydrogens is 296 g/mol. The highest BCUT2D eigenvalue weighted by Crippen LogP contribution is 2.25. The molecule has 5 nitrogen and oxygen atoms in total. The van der Waals surface area contributed by atoms with E-state index in [0.29, 0.717) is 24.6 Å². The molecule has 20 heavy (non-hydrogen) atoms. The van der Waals surface area contributed by atoms with Gasteiger partial charge in [0.15, 0.2) is 0 Å². The Morgan fingerprint density at radius 3 is 2.90 bits per heavy atom. The van der Waals surface area contributed by atoms with E-state index >= 15 is 0 Å². The van der Waals surface area contributed by atoms with Crippen molar-refractivity contribution in [2.75, 3.05) is 33.4 Å². The van der Waals surface area contributed by atoms with Gasteiger partial charge in [-0.05, 0) is 18.0 Å². The van der Waals surface area contributed by atoms with Gasteiger partial charge in [-0.3, -0.25) is 0 Å². The first-order valence-electron chi connectivity index (χ1n) is 6.45. The molecule has 0 aromatic carbocycles. The Balaban J connectivity index is 2.99. The second-order valence-corrected chi connectivity index (χ2v) is 7.04. The first kappa shape index (κ1) is 17.3. The Labute approximate surface area is 125 Å². The number of sulfonamides is 1. The van der Waals surface area contributed by atoms with E-state index in [0.717, 1.165) is 11.4 Å². The summed E-state index contributed by atoms with van der Waals surface area (Å²) in [5.74, 6) is 0. The van der Waals surface area contributed by atoms with Crippen molar-refractivity contribution in [1.82, 2.24) is 9.62 Å². The SMILES string of the molecule is C=CCN(CCOC)S(=O)(=O)c1ccsc1CNCC. The molecule has 0 spiro atoms. The summed E-state index contributed by atoms with van der Waals surface area (Å²) in [6.07, 6.45) is 1.59. The molecule has 0 saturated heterocycles. The van der Waals surface area contributed by atoms with Crippen molar-refractivity contribution in [3.8, 4) is 0 Å². The molecule has 0 atom stereocenters. The smallest absolute Gasteiger partial charge is 0.244 e. The zero-order chi connectivity index (χ0) is 15.0. The van der Waals surface area contributed by atoms with Crippen LogP contribution in [0.5, 0.6) is 0 Å². The van der Waals surface area contributed by atoms with Crippen LogP contribution in [0.4, 0.5) is 0 Å². The standard InChI is InChI=1S/C13H22N2O3S2/c1-4-7-15(8-9-18-3)20(16,17)13-6-10-19-12(13)11-14-5-2/h4,6,10,14H,1,5,7-9,11H2,2-3H3. The average Bonchev–Trinajstić information content (AvgIpc) is 2.90. The lowest BCUT2D eigenvalue weighted by molar-refractivity contribution is 0.182. The first-order valence-corrected chi connectivity index (χ1v) is 8.77. The van der Waals surface area contributed by atoms with E-state index in [-0.39, 0.29) is 6.54 Å². The summed E-state index contributed by atoms with van der Waals surface area (Å²) in [4.78, 5) is 1.21. The minimum atomic E-state index is -3.50. The summed E-state index contributed by atoms with van der Waals surface area (Å²) in [5, 5.41) is 4.97. The van der Waals surface area contributed by atoms with Gasteiger partial charge < -0.3 is 10.1 Å². The lowest BCUT2D eigenvalue weighted by atomic mass is 10.4. The summed E-state index contributed by atoms with van der Waals surface area (Å²) in [5.41, 5.74) is 0. The molecule has 0 bridgehead atoms. The average molecular weight is 318 g/mol. The fourth-order valence-corrected chi connectivity index (χ4v) is 4.49. The van der Waals surface area contributed by atoms with Gasteiger partial charge in [-0.25, -0.2) is 8.42 Å². The number of hydrogen-bond acceptors (Lipinski definition) is 5. The van der Waals surface area contributed by atoms with Gasteiger partial charge in [0.1, 0.15) is 0 Å². The van der Waals surface area contributed by atoms with Crippen LogP contribution >= 0.6 is 11.3 Å². The van der Waals surface area contributed by atoms with E-state index < -0.39 is 10.0 Å². The fraction of sp³-hybridized carbons (Fsp3) is 0.538. The fourth-order valence-electron chi connectivity index (χ4n) is 1.71. The third kappa shape index (κ3) is 4.39. The number of ether oxygens (including phenoxy) is 1. The maximum Gasteiger partial charge on any atom is 0.244 e. The van der Waals surface area contributed by atoms with Crippen LogP contribution in [0.15, 0.2) is 29.0 Å². The summed E-state index contributed by atoms with van der Waals surface area (Å²) < 4.78 is 31.7. The van der Waals surface area contributed by atoms with Crippen molar-refractivity contribution < 1.29 is 13.2 Å². The second kappa shape index (κ2) is 8.53. The molecule has 1 rings (SSSR count). The van der Waals surface area contributed by atoms with Gasteiger partial charge in [-0.15, -0.1) is 17.9 Å². The zero-order valence-electron chi connectivity index (χ0n) is 12.0. The molecule has 1 aromatic rings. The lowest BCUT2D eigenvalue weighted by Crippen LogP contribution is -2.34. The van der Waals surface area contributed by atoms with Gasteiger partial charge in [0.25, 0.3) is 0 Å². The molecule has 0 radical (unpaired) electrons. The van der Waals surface area contributed by atoms with Crippen LogP contribution < -0.4 is 5.32 Å². The zero-order valence-corrected chi connectivity index (χ0v) is 13.6. The summed E-state index contributed by atoms with van der Waals surface area (Å²) in [6, 6.07) is 1.66. The Bertz CT molecular complexity index is 511. The molecule has 0 aliphatic heterocycles. The van der Waals surface area contributed by atoms with Crippen LogP contribution in [0.3, 0.4) is 0 Å². The van der Waals surface area contributed by atoms with Gasteiger partial charge in [0.05, 0.1) is 11.5 Å². The Morgan fingerprint density at radius 2 is 2.30 bits per heavy atom. The number of rotatable bonds is 10. The lowest BCUT2D eigenvalue weighted by Gasteiger charge is -2.20. The van der Waals surface area contributed by atoms with E-state index in [1.165, 1.54) is 15.6 Å². The second-order valence-electron chi connectivity index (χ2n) is 4.13. The summed E-state index contributed by atoms with van der Waals surface area (Å²) >= 11 is 1.45. The minimum absolute atomic E-state index is 0.280. The number of nitrogens with zero attached hydrogens (tertiary/aromatic N) is 1. The largest absolute Gasteiger partial charge is 0.383 e. The van der Waals surface area contributed by atoms with Crippen LogP contribution in [-0.2, 0) is 21.3 Å². The van der Waals surface area contributed by atoms with Gasteiger partial charge in [-0.1, -0.05) is 13.0 Å². The van der Waals surface area contributed by atoms with Crippen molar-refractivity contribution in [1.29, 1.82) is 0 Å². The molecular formula is C13H22N2O3S2. The van der Waals surface area contributed by atoms with Crippen LogP contribution in [0.1, 0.15) is 11.8 Å². The van der Waals surface area contributed by atoms with E-state index in [4.69, 9.17) is 4.74 Å². The summed E-state index contributed by atoms with van der Waals surface area (Å²) in [6.45, 7) is 7.94. The van der Waals surface area contributed by atoms with Gasteiger partial charge >= 0.3 is 0 Å². The molecule has 1 N–H and O–H groups in total. The molecule has 0 fully saturated rings. The highest BCUT2D eigenvalue weighted by molar-refractivity contribution is 7.89. The molecule has 1 aromatic heterocycles. The van der Waals surface area contributed by atoms with Crippen molar-refractivity contribution >= 4 is 21.4 Å². The molecule has 114 valence electrons. The molecule has 1 heterocycles. The van der Waals surface area contributed by atoms with Crippen LogP contribution in [0.25, 0.3) is 0 Å². The number of methoxy groups -OCH3 is 1. The Hall–Kier alpha value is -0.730. The third-order valence-electron chi connectivity index (χ3n) is 2.74. The number of hydrogen-bond donors (Lipinski definition) is 1. The van der Waals surface area contributed by atoms with Gasteiger partial charge in [0, 0.05) is 31.6 Å². The quantitative estimate of drug-likeness (QED) is 0.667. The molecule has 0 aliphatic rings. The highest BCUT2D eigenvalue weighted by atomic mass is 32.2. The predicted octanol–water partition coefficient (Wildman–Crippen LogP) is 1.68. The first-order chi connectivity index (χ1) is 9.57. The maximum absolute atomic E-state index is 12.7. The molecule has 0 amide bonds. The van der Waals surface area contributed by atoms with E-state index in [1.807, 2.05) is 12.3 Å². The topological polar surface area (TPSA) is 58.6 Å². The number of thiophene rings is 1. The number of nitrogens with one attached hydrogen (secondary N) is 1. The summed E-state index contributed by atoms with van der Waals surface area (Å²) in [7, 11) is -1.95.